The van der Waals surface area contributed by atoms with Gasteiger partial charge in [0.2, 0.25) is 0 Å². The molecular formula is C18H28N2O5. The number of hydrogen-bond acceptors (Lipinski definition) is 6. The second-order valence-electron chi connectivity index (χ2n) is 6.11. The first kappa shape index (κ1) is 19.5. The molecule has 1 atom stereocenters. The van der Waals surface area contributed by atoms with Gasteiger partial charge < -0.3 is 19.3 Å². The molecule has 1 heterocycles. The summed E-state index contributed by atoms with van der Waals surface area (Å²) < 4.78 is 17.2. The lowest BCUT2D eigenvalue weighted by Crippen LogP contribution is -2.48. The van der Waals surface area contributed by atoms with Crippen LogP contribution in [0.3, 0.4) is 0 Å². The molecule has 1 fully saturated rings. The van der Waals surface area contributed by atoms with Crippen LogP contribution in [0.1, 0.15) is 6.92 Å². The minimum absolute atomic E-state index is 0.0220. The molecule has 2 rings (SSSR count). The topological polar surface area (TPSA) is 71.5 Å². The van der Waals surface area contributed by atoms with Gasteiger partial charge in [-0.15, -0.1) is 0 Å². The molecular weight excluding hydrogens is 324 g/mol. The molecule has 1 aromatic rings. The Hall–Kier alpha value is -1.83. The number of benzene rings is 1. The van der Waals surface area contributed by atoms with Gasteiger partial charge in [0.15, 0.2) is 11.5 Å². The minimum atomic E-state index is -0.823. The van der Waals surface area contributed by atoms with Crippen molar-refractivity contribution in [3.8, 4) is 11.5 Å². The maximum atomic E-state index is 10.7. The monoisotopic (exact) mass is 352 g/mol. The quantitative estimate of drug-likeness (QED) is 0.678. The average molecular weight is 352 g/mol. The maximum Gasteiger partial charge on any atom is 0.317 e. The standard InChI is InChI=1S/C18H28N2O5/c1-3-23-16-6-4-5-7-17(16)25-11-9-20-8-10-24-15(13-20)12-19(2)14-18(21)22/h4-7,15H,3,8-14H2,1-2H3,(H,21,22). The van der Waals surface area contributed by atoms with Crippen LogP contribution in [-0.4, -0.2) is 86.6 Å². The van der Waals surface area contributed by atoms with Gasteiger partial charge in [-0.05, 0) is 26.1 Å². The van der Waals surface area contributed by atoms with Crippen LogP contribution in [0.4, 0.5) is 0 Å². The number of rotatable bonds is 10. The second-order valence-corrected chi connectivity index (χ2v) is 6.11. The van der Waals surface area contributed by atoms with E-state index in [4.69, 9.17) is 19.3 Å². The van der Waals surface area contributed by atoms with Gasteiger partial charge in [-0.2, -0.15) is 0 Å². The summed E-state index contributed by atoms with van der Waals surface area (Å²) in [6, 6.07) is 7.68. The summed E-state index contributed by atoms with van der Waals surface area (Å²) in [7, 11) is 1.80. The largest absolute Gasteiger partial charge is 0.490 e. The molecule has 140 valence electrons. The number of para-hydroxylation sites is 2. The summed E-state index contributed by atoms with van der Waals surface area (Å²) >= 11 is 0. The van der Waals surface area contributed by atoms with Crippen LogP contribution < -0.4 is 9.47 Å². The third kappa shape index (κ3) is 6.89. The van der Waals surface area contributed by atoms with Crippen molar-refractivity contribution in [2.75, 3.05) is 59.6 Å². The zero-order chi connectivity index (χ0) is 18.1. The molecule has 0 aliphatic carbocycles. The molecule has 0 saturated carbocycles. The summed E-state index contributed by atoms with van der Waals surface area (Å²) in [5, 5.41) is 8.83. The Kier molecular flexibility index (Phi) is 7.97. The first-order valence-electron chi connectivity index (χ1n) is 8.67. The van der Waals surface area contributed by atoms with Crippen molar-refractivity contribution in [1.82, 2.24) is 9.80 Å². The molecule has 7 heteroatoms. The van der Waals surface area contributed by atoms with E-state index in [1.165, 1.54) is 0 Å². The van der Waals surface area contributed by atoms with Crippen molar-refractivity contribution < 1.29 is 24.1 Å². The second kappa shape index (κ2) is 10.2. The van der Waals surface area contributed by atoms with Gasteiger partial charge in [-0.1, -0.05) is 12.1 Å². The number of carboxylic acids is 1. The van der Waals surface area contributed by atoms with Gasteiger partial charge in [0, 0.05) is 26.2 Å². The molecule has 0 bridgehead atoms. The number of carboxylic acid groups (broad SMARTS) is 1. The van der Waals surface area contributed by atoms with Crippen LogP contribution in [-0.2, 0) is 9.53 Å². The maximum absolute atomic E-state index is 10.7. The molecule has 0 spiro atoms. The SMILES string of the molecule is CCOc1ccccc1OCCN1CCOC(CN(C)CC(=O)O)C1. The molecule has 1 aromatic carbocycles. The number of likely N-dealkylation sites (N-methyl/N-ethyl adjacent to an activating group) is 1. The smallest absolute Gasteiger partial charge is 0.317 e. The summed E-state index contributed by atoms with van der Waals surface area (Å²) in [5.41, 5.74) is 0. The van der Waals surface area contributed by atoms with Crippen LogP contribution in [0.2, 0.25) is 0 Å². The van der Waals surface area contributed by atoms with E-state index in [1.807, 2.05) is 31.2 Å². The van der Waals surface area contributed by atoms with E-state index in [2.05, 4.69) is 4.90 Å². The molecule has 0 radical (unpaired) electrons. The average Bonchev–Trinajstić information content (AvgIpc) is 2.56. The summed E-state index contributed by atoms with van der Waals surface area (Å²) in [6.45, 7) is 6.84. The van der Waals surface area contributed by atoms with E-state index in [0.29, 0.717) is 26.4 Å². The summed E-state index contributed by atoms with van der Waals surface area (Å²) in [4.78, 5) is 14.8. The Labute approximate surface area is 149 Å². The fraction of sp³-hybridized carbons (Fsp3) is 0.611. The number of carbonyl (C=O) groups is 1. The highest BCUT2D eigenvalue weighted by atomic mass is 16.5. The summed E-state index contributed by atoms with van der Waals surface area (Å²) in [6.07, 6.45) is 0.0220. The van der Waals surface area contributed by atoms with E-state index < -0.39 is 5.97 Å². The van der Waals surface area contributed by atoms with Crippen molar-refractivity contribution >= 4 is 5.97 Å². The number of morpholine rings is 1. The van der Waals surface area contributed by atoms with Gasteiger partial charge in [0.05, 0.1) is 25.9 Å². The van der Waals surface area contributed by atoms with Crippen LogP contribution in [0.15, 0.2) is 24.3 Å². The van der Waals surface area contributed by atoms with Gasteiger partial charge in [0.25, 0.3) is 0 Å². The van der Waals surface area contributed by atoms with Crippen molar-refractivity contribution in [2.24, 2.45) is 0 Å². The molecule has 7 nitrogen and oxygen atoms in total. The highest BCUT2D eigenvalue weighted by Gasteiger charge is 2.22. The number of nitrogens with zero attached hydrogens (tertiary/aromatic N) is 2. The Morgan fingerprint density at radius 2 is 2.08 bits per heavy atom. The predicted octanol–water partition coefficient (Wildman–Crippen LogP) is 1.18. The zero-order valence-electron chi connectivity index (χ0n) is 15.0. The van der Waals surface area contributed by atoms with E-state index in [1.54, 1.807) is 11.9 Å². The van der Waals surface area contributed by atoms with Crippen molar-refractivity contribution in [3.05, 3.63) is 24.3 Å². The molecule has 25 heavy (non-hydrogen) atoms. The van der Waals surface area contributed by atoms with Gasteiger partial charge in [0.1, 0.15) is 6.61 Å². The van der Waals surface area contributed by atoms with Crippen molar-refractivity contribution in [2.45, 2.75) is 13.0 Å². The molecule has 0 aromatic heterocycles. The Balaban J connectivity index is 1.74. The molecule has 0 amide bonds. The lowest BCUT2D eigenvalue weighted by atomic mass is 10.2. The molecule has 1 saturated heterocycles. The van der Waals surface area contributed by atoms with Crippen LogP contribution >= 0.6 is 0 Å². The van der Waals surface area contributed by atoms with Crippen molar-refractivity contribution in [1.29, 1.82) is 0 Å². The Morgan fingerprint density at radius 3 is 2.76 bits per heavy atom. The van der Waals surface area contributed by atoms with Crippen LogP contribution in [0.5, 0.6) is 11.5 Å². The van der Waals surface area contributed by atoms with E-state index in [-0.39, 0.29) is 12.6 Å². The summed E-state index contributed by atoms with van der Waals surface area (Å²) in [5.74, 6) is 0.701. The van der Waals surface area contributed by atoms with Crippen LogP contribution in [0.25, 0.3) is 0 Å². The fourth-order valence-corrected chi connectivity index (χ4v) is 2.87. The molecule has 1 aliphatic heterocycles. The van der Waals surface area contributed by atoms with Crippen molar-refractivity contribution in [3.63, 3.8) is 0 Å². The highest BCUT2D eigenvalue weighted by molar-refractivity contribution is 5.69. The van der Waals surface area contributed by atoms with Gasteiger partial charge in [-0.3, -0.25) is 14.6 Å². The lowest BCUT2D eigenvalue weighted by molar-refractivity contribution is -0.138. The first-order valence-corrected chi connectivity index (χ1v) is 8.67. The lowest BCUT2D eigenvalue weighted by Gasteiger charge is -2.34. The molecule has 1 unspecified atom stereocenters. The van der Waals surface area contributed by atoms with E-state index in [9.17, 15) is 4.79 Å². The van der Waals surface area contributed by atoms with Gasteiger partial charge >= 0.3 is 5.97 Å². The number of ether oxygens (including phenoxy) is 3. The number of aliphatic carboxylic acids is 1. The number of hydrogen-bond donors (Lipinski definition) is 1. The predicted molar refractivity (Wildman–Crippen MR) is 94.4 cm³/mol. The molecule has 1 N–H and O–H groups in total. The Morgan fingerprint density at radius 1 is 1.36 bits per heavy atom. The normalized spacial score (nSPS) is 18.3. The molecule has 1 aliphatic rings. The third-order valence-corrected chi connectivity index (χ3v) is 3.96. The van der Waals surface area contributed by atoms with E-state index in [0.717, 1.165) is 31.1 Å². The zero-order valence-corrected chi connectivity index (χ0v) is 15.0. The highest BCUT2D eigenvalue weighted by Crippen LogP contribution is 2.26. The minimum Gasteiger partial charge on any atom is -0.490 e. The van der Waals surface area contributed by atoms with E-state index >= 15 is 0 Å². The first-order chi connectivity index (χ1) is 12.1. The Bertz CT molecular complexity index is 540. The fourth-order valence-electron chi connectivity index (χ4n) is 2.87. The van der Waals surface area contributed by atoms with Crippen LogP contribution in [0, 0.1) is 0 Å². The van der Waals surface area contributed by atoms with Gasteiger partial charge in [-0.25, -0.2) is 0 Å². The third-order valence-electron chi connectivity index (χ3n) is 3.96.